The molecule has 0 aromatic heterocycles. The smallest absolute Gasteiger partial charge is 0.338 e. The van der Waals surface area contributed by atoms with Crippen molar-refractivity contribution in [3.05, 3.63) is 64.7 Å². The Hall–Kier alpha value is -2.66. The molecule has 0 aliphatic heterocycles. The van der Waals surface area contributed by atoms with Crippen molar-refractivity contribution in [1.29, 1.82) is 0 Å². The number of hydrogen-bond acceptors (Lipinski definition) is 4. The van der Waals surface area contributed by atoms with Crippen LogP contribution < -0.4 is 5.32 Å². The van der Waals surface area contributed by atoms with E-state index in [-0.39, 0.29) is 17.3 Å². The molecule has 1 atom stereocenters. The van der Waals surface area contributed by atoms with E-state index in [0.29, 0.717) is 16.3 Å². The van der Waals surface area contributed by atoms with E-state index in [1.165, 1.54) is 19.9 Å². The SMILES string of the molecule is CC(=O)Nc1cccc(C(=O)O[C@H](C)C(=O)c2ccc(Cl)cc2)c1. The highest BCUT2D eigenvalue weighted by molar-refractivity contribution is 6.30. The van der Waals surface area contributed by atoms with Gasteiger partial charge in [0, 0.05) is 23.2 Å². The summed E-state index contributed by atoms with van der Waals surface area (Å²) in [5.41, 5.74) is 1.14. The molecule has 0 heterocycles. The molecule has 2 rings (SSSR count). The zero-order chi connectivity index (χ0) is 17.7. The number of ketones is 1. The minimum absolute atomic E-state index is 0.244. The van der Waals surface area contributed by atoms with Gasteiger partial charge in [-0.15, -0.1) is 0 Å². The lowest BCUT2D eigenvalue weighted by Gasteiger charge is -2.13. The summed E-state index contributed by atoms with van der Waals surface area (Å²) in [5, 5.41) is 3.10. The first-order chi connectivity index (χ1) is 11.4. The second kappa shape index (κ2) is 7.75. The molecule has 0 unspecified atom stereocenters. The molecule has 0 saturated carbocycles. The van der Waals surface area contributed by atoms with Crippen molar-refractivity contribution in [3.63, 3.8) is 0 Å². The zero-order valence-corrected chi connectivity index (χ0v) is 14.0. The summed E-state index contributed by atoms with van der Waals surface area (Å²) >= 11 is 5.78. The molecule has 2 aromatic rings. The summed E-state index contributed by atoms with van der Waals surface area (Å²) in [4.78, 5) is 35.5. The molecular formula is C18H16ClNO4. The van der Waals surface area contributed by atoms with Gasteiger partial charge in [0.25, 0.3) is 0 Å². The van der Waals surface area contributed by atoms with Crippen molar-refractivity contribution in [2.45, 2.75) is 20.0 Å². The van der Waals surface area contributed by atoms with E-state index in [4.69, 9.17) is 16.3 Å². The molecule has 0 radical (unpaired) electrons. The summed E-state index contributed by atoms with van der Waals surface area (Å²) in [5.74, 6) is -1.21. The standard InChI is InChI=1S/C18H16ClNO4/c1-11(17(22)13-6-8-15(19)9-7-13)24-18(23)14-4-3-5-16(10-14)20-12(2)21/h3-11H,1-2H3,(H,20,21)/t11-/m1/s1. The third-order valence-electron chi connectivity index (χ3n) is 3.20. The number of nitrogens with one attached hydrogen (secondary N) is 1. The molecule has 0 aliphatic rings. The van der Waals surface area contributed by atoms with Gasteiger partial charge in [-0.2, -0.15) is 0 Å². The molecule has 5 nitrogen and oxygen atoms in total. The lowest BCUT2D eigenvalue weighted by Crippen LogP contribution is -2.24. The fourth-order valence-corrected chi connectivity index (χ4v) is 2.18. The third kappa shape index (κ3) is 4.67. The Labute approximate surface area is 144 Å². The Morgan fingerprint density at radius 2 is 1.71 bits per heavy atom. The summed E-state index contributed by atoms with van der Waals surface area (Å²) in [7, 11) is 0. The Bertz CT molecular complexity index is 771. The predicted molar refractivity (Wildman–Crippen MR) is 91.4 cm³/mol. The van der Waals surface area contributed by atoms with E-state index in [1.807, 2.05) is 0 Å². The lowest BCUT2D eigenvalue weighted by molar-refractivity contribution is -0.114. The summed E-state index contributed by atoms with van der Waals surface area (Å²) in [6.45, 7) is 2.88. The summed E-state index contributed by atoms with van der Waals surface area (Å²) < 4.78 is 5.21. The number of esters is 1. The second-order valence-electron chi connectivity index (χ2n) is 5.18. The van der Waals surface area contributed by atoms with E-state index in [2.05, 4.69) is 5.32 Å². The largest absolute Gasteiger partial charge is 0.451 e. The van der Waals surface area contributed by atoms with Gasteiger partial charge in [0.2, 0.25) is 11.7 Å². The third-order valence-corrected chi connectivity index (χ3v) is 3.45. The van der Waals surface area contributed by atoms with Crippen LogP contribution in [0.4, 0.5) is 5.69 Å². The van der Waals surface area contributed by atoms with E-state index in [1.54, 1.807) is 42.5 Å². The molecule has 0 bridgehead atoms. The number of anilines is 1. The Morgan fingerprint density at radius 3 is 2.33 bits per heavy atom. The number of rotatable bonds is 5. The molecular weight excluding hydrogens is 330 g/mol. The van der Waals surface area contributed by atoms with Crippen molar-refractivity contribution in [3.8, 4) is 0 Å². The summed E-state index contributed by atoms with van der Waals surface area (Å²) in [6, 6.07) is 12.7. The molecule has 0 fully saturated rings. The number of amides is 1. The number of carbonyl (C=O) groups is 3. The van der Waals surface area contributed by atoms with Gasteiger partial charge in [0.05, 0.1) is 5.56 Å². The first kappa shape index (κ1) is 17.7. The van der Waals surface area contributed by atoms with E-state index in [0.717, 1.165) is 0 Å². The van der Waals surface area contributed by atoms with E-state index < -0.39 is 12.1 Å². The van der Waals surface area contributed by atoms with Gasteiger partial charge in [0.1, 0.15) is 0 Å². The van der Waals surface area contributed by atoms with Crippen LogP contribution in [0.25, 0.3) is 0 Å². The van der Waals surface area contributed by atoms with Crippen molar-refractivity contribution in [2.24, 2.45) is 0 Å². The van der Waals surface area contributed by atoms with E-state index in [9.17, 15) is 14.4 Å². The quantitative estimate of drug-likeness (QED) is 0.662. The van der Waals surface area contributed by atoms with Crippen molar-refractivity contribution in [1.82, 2.24) is 0 Å². The normalized spacial score (nSPS) is 11.5. The van der Waals surface area contributed by atoms with Crippen LogP contribution in [0.5, 0.6) is 0 Å². The molecule has 124 valence electrons. The number of Topliss-reactive ketones (excluding diaryl/α,β-unsaturated/α-hetero) is 1. The highest BCUT2D eigenvalue weighted by Gasteiger charge is 2.20. The van der Waals surface area contributed by atoms with Gasteiger partial charge in [0.15, 0.2) is 6.10 Å². The molecule has 1 N–H and O–H groups in total. The first-order valence-corrected chi connectivity index (χ1v) is 7.63. The highest BCUT2D eigenvalue weighted by atomic mass is 35.5. The van der Waals surface area contributed by atoms with Gasteiger partial charge in [-0.3, -0.25) is 9.59 Å². The van der Waals surface area contributed by atoms with Crippen LogP contribution in [0.3, 0.4) is 0 Å². The van der Waals surface area contributed by atoms with Gasteiger partial charge in [-0.1, -0.05) is 17.7 Å². The molecule has 0 saturated heterocycles. The molecule has 24 heavy (non-hydrogen) atoms. The highest BCUT2D eigenvalue weighted by Crippen LogP contribution is 2.15. The van der Waals surface area contributed by atoms with Gasteiger partial charge < -0.3 is 10.1 Å². The minimum atomic E-state index is -0.942. The minimum Gasteiger partial charge on any atom is -0.451 e. The fourth-order valence-electron chi connectivity index (χ4n) is 2.06. The predicted octanol–water partition coefficient (Wildman–Crippen LogP) is 3.73. The van der Waals surface area contributed by atoms with E-state index >= 15 is 0 Å². The van der Waals surface area contributed by atoms with Crippen LogP contribution in [0, 0.1) is 0 Å². The molecule has 1 amide bonds. The van der Waals surface area contributed by atoms with Gasteiger partial charge in [-0.05, 0) is 49.4 Å². The van der Waals surface area contributed by atoms with Crippen LogP contribution in [0.2, 0.25) is 5.02 Å². The average molecular weight is 346 g/mol. The van der Waals surface area contributed by atoms with Gasteiger partial charge >= 0.3 is 5.97 Å². The average Bonchev–Trinajstić information content (AvgIpc) is 2.54. The molecule has 0 aliphatic carbocycles. The summed E-state index contributed by atoms with van der Waals surface area (Å²) in [6.07, 6.45) is -0.942. The number of benzene rings is 2. The lowest BCUT2D eigenvalue weighted by atomic mass is 10.1. The fraction of sp³-hybridized carbons (Fsp3) is 0.167. The maximum atomic E-state index is 12.3. The van der Waals surface area contributed by atoms with Crippen LogP contribution in [-0.2, 0) is 9.53 Å². The number of hydrogen-bond donors (Lipinski definition) is 1. The molecule has 2 aromatic carbocycles. The topological polar surface area (TPSA) is 72.5 Å². The van der Waals surface area contributed by atoms with Crippen LogP contribution in [0.15, 0.2) is 48.5 Å². The maximum Gasteiger partial charge on any atom is 0.338 e. The molecule has 0 spiro atoms. The Kier molecular flexibility index (Phi) is 5.71. The van der Waals surface area contributed by atoms with Crippen LogP contribution in [-0.4, -0.2) is 23.8 Å². The van der Waals surface area contributed by atoms with Gasteiger partial charge in [-0.25, -0.2) is 4.79 Å². The maximum absolute atomic E-state index is 12.3. The Balaban J connectivity index is 2.07. The second-order valence-corrected chi connectivity index (χ2v) is 5.62. The number of carbonyl (C=O) groups excluding carboxylic acids is 3. The van der Waals surface area contributed by atoms with Crippen molar-refractivity contribution >= 4 is 34.9 Å². The first-order valence-electron chi connectivity index (χ1n) is 7.25. The number of halogens is 1. The zero-order valence-electron chi connectivity index (χ0n) is 13.2. The van der Waals surface area contributed by atoms with Crippen LogP contribution >= 0.6 is 11.6 Å². The molecule has 6 heteroatoms. The van der Waals surface area contributed by atoms with Crippen LogP contribution in [0.1, 0.15) is 34.6 Å². The van der Waals surface area contributed by atoms with Crippen molar-refractivity contribution in [2.75, 3.05) is 5.32 Å². The number of ether oxygens (including phenoxy) is 1. The monoisotopic (exact) mass is 345 g/mol. The Morgan fingerprint density at radius 1 is 1.04 bits per heavy atom. The van der Waals surface area contributed by atoms with Crippen molar-refractivity contribution < 1.29 is 19.1 Å².